The lowest BCUT2D eigenvalue weighted by Crippen LogP contribution is -2.59. The molecule has 0 aliphatic carbocycles. The molecule has 1 saturated heterocycles. The van der Waals surface area contributed by atoms with Gasteiger partial charge in [0, 0.05) is 11.2 Å². The molecule has 32 heavy (non-hydrogen) atoms. The topological polar surface area (TPSA) is 151 Å². The van der Waals surface area contributed by atoms with Crippen molar-refractivity contribution < 1.29 is 24.3 Å². The Labute approximate surface area is 195 Å². The summed E-state index contributed by atoms with van der Waals surface area (Å²) < 4.78 is -1.72. The fourth-order valence-corrected chi connectivity index (χ4v) is 5.77. The highest BCUT2D eigenvalue weighted by Crippen LogP contribution is 2.46. The van der Waals surface area contributed by atoms with E-state index in [1.54, 1.807) is 52.0 Å². The molecule has 176 valence electrons. The second-order valence-electron chi connectivity index (χ2n) is 8.66. The highest BCUT2D eigenvalue weighted by atomic mass is 33.1. The molecule has 0 aromatic heterocycles. The van der Waals surface area contributed by atoms with Crippen LogP contribution in [0, 0.1) is 0 Å². The molecule has 1 heterocycles. The predicted molar refractivity (Wildman–Crippen MR) is 126 cm³/mol. The van der Waals surface area contributed by atoms with E-state index in [-0.39, 0.29) is 13.0 Å². The molecule has 0 spiro atoms. The largest absolute Gasteiger partial charge is 0.480 e. The SMILES string of the molecule is CC1(C)SSC(C)(C)[C@H](C(=O)O)NC(=O)[C@H](Cc2ccccc2)NC(=O)CNC(=O)[C@@H]1N. The van der Waals surface area contributed by atoms with Crippen molar-refractivity contribution in [1.29, 1.82) is 0 Å². The van der Waals surface area contributed by atoms with Crippen LogP contribution >= 0.6 is 21.6 Å². The molecule has 1 aliphatic heterocycles. The maximum Gasteiger partial charge on any atom is 0.327 e. The number of rotatable bonds is 3. The Morgan fingerprint density at radius 1 is 1.03 bits per heavy atom. The zero-order valence-corrected chi connectivity index (χ0v) is 20.1. The van der Waals surface area contributed by atoms with Crippen LogP contribution in [0.15, 0.2) is 30.3 Å². The quantitative estimate of drug-likeness (QED) is 0.395. The number of amides is 3. The summed E-state index contributed by atoms with van der Waals surface area (Å²) >= 11 is 0. The third kappa shape index (κ3) is 6.88. The molecule has 3 atom stereocenters. The van der Waals surface area contributed by atoms with Gasteiger partial charge in [-0.3, -0.25) is 14.4 Å². The minimum absolute atomic E-state index is 0.160. The standard InChI is InChI=1S/C21H30N4O5S2/c1-20(2)15(22)18(28)23-11-14(26)24-13(10-12-8-6-5-7-9-12)17(27)25-16(19(29)30)21(3,4)32-31-20/h5-9,13,15-16H,10-11,22H2,1-4H3,(H,23,28)(H,24,26)(H,25,27)(H,29,30)/t13-,15-,16-/m0/s1. The number of carbonyl (C=O) groups is 4. The molecule has 1 fully saturated rings. The maximum absolute atomic E-state index is 13.1. The minimum atomic E-state index is -1.24. The highest BCUT2D eigenvalue weighted by Gasteiger charge is 2.42. The molecular formula is C21H30N4O5S2. The van der Waals surface area contributed by atoms with Crippen molar-refractivity contribution in [2.45, 2.75) is 61.7 Å². The number of carboxylic acids is 1. The number of benzene rings is 1. The van der Waals surface area contributed by atoms with Crippen molar-refractivity contribution in [3.05, 3.63) is 35.9 Å². The van der Waals surface area contributed by atoms with Gasteiger partial charge in [0.15, 0.2) is 0 Å². The van der Waals surface area contributed by atoms with E-state index in [1.165, 1.54) is 21.6 Å². The van der Waals surface area contributed by atoms with Crippen molar-refractivity contribution in [2.24, 2.45) is 5.73 Å². The number of hydrogen-bond acceptors (Lipinski definition) is 7. The Bertz CT molecular complexity index is 863. The van der Waals surface area contributed by atoms with Gasteiger partial charge in [-0.25, -0.2) is 4.79 Å². The van der Waals surface area contributed by atoms with Crippen LogP contribution in [0.25, 0.3) is 0 Å². The Morgan fingerprint density at radius 2 is 1.62 bits per heavy atom. The van der Waals surface area contributed by atoms with Gasteiger partial charge in [-0.1, -0.05) is 51.9 Å². The summed E-state index contributed by atoms with van der Waals surface area (Å²) in [4.78, 5) is 50.1. The number of carbonyl (C=O) groups excluding carboxylic acids is 3. The highest BCUT2D eigenvalue weighted by molar-refractivity contribution is 8.77. The number of nitrogens with two attached hydrogens (primary N) is 1. The zero-order chi connectivity index (χ0) is 24.1. The van der Waals surface area contributed by atoms with Crippen LogP contribution in [-0.2, 0) is 25.6 Å². The Morgan fingerprint density at radius 3 is 2.22 bits per heavy atom. The molecule has 0 bridgehead atoms. The first-order valence-electron chi connectivity index (χ1n) is 10.1. The summed E-state index contributed by atoms with van der Waals surface area (Å²) in [6.07, 6.45) is 0.160. The molecule has 1 aromatic rings. The van der Waals surface area contributed by atoms with Crippen molar-refractivity contribution >= 4 is 45.3 Å². The van der Waals surface area contributed by atoms with Crippen LogP contribution in [0.2, 0.25) is 0 Å². The van der Waals surface area contributed by atoms with Gasteiger partial charge in [0.05, 0.1) is 17.3 Å². The number of carboxylic acid groups (broad SMARTS) is 1. The van der Waals surface area contributed by atoms with Crippen LogP contribution in [0.1, 0.15) is 33.3 Å². The van der Waals surface area contributed by atoms with E-state index in [2.05, 4.69) is 16.0 Å². The van der Waals surface area contributed by atoms with E-state index in [4.69, 9.17) is 5.73 Å². The van der Waals surface area contributed by atoms with E-state index < -0.39 is 51.3 Å². The van der Waals surface area contributed by atoms with Gasteiger partial charge in [-0.15, -0.1) is 0 Å². The van der Waals surface area contributed by atoms with Crippen LogP contribution in [0.3, 0.4) is 0 Å². The summed E-state index contributed by atoms with van der Waals surface area (Å²) in [6, 6.07) is 5.84. The number of hydrogen-bond donors (Lipinski definition) is 5. The maximum atomic E-state index is 13.1. The summed E-state index contributed by atoms with van der Waals surface area (Å²) in [5, 5.41) is 17.5. The summed E-state index contributed by atoms with van der Waals surface area (Å²) in [5.41, 5.74) is 6.91. The fourth-order valence-electron chi connectivity index (χ4n) is 2.99. The second kappa shape index (κ2) is 10.6. The molecule has 9 nitrogen and oxygen atoms in total. The molecule has 0 radical (unpaired) electrons. The average Bonchev–Trinajstić information content (AvgIpc) is 2.73. The van der Waals surface area contributed by atoms with Crippen molar-refractivity contribution in [3.8, 4) is 0 Å². The monoisotopic (exact) mass is 482 g/mol. The Kier molecular flexibility index (Phi) is 8.60. The van der Waals surface area contributed by atoms with E-state index in [0.717, 1.165) is 5.56 Å². The van der Waals surface area contributed by atoms with Crippen molar-refractivity contribution in [1.82, 2.24) is 16.0 Å². The van der Waals surface area contributed by atoms with E-state index in [9.17, 15) is 24.3 Å². The molecule has 0 saturated carbocycles. The lowest BCUT2D eigenvalue weighted by molar-refractivity contribution is -0.143. The zero-order valence-electron chi connectivity index (χ0n) is 18.5. The van der Waals surface area contributed by atoms with Crippen LogP contribution in [0.4, 0.5) is 0 Å². The first-order valence-corrected chi connectivity index (χ1v) is 12.2. The van der Waals surface area contributed by atoms with Crippen LogP contribution in [-0.4, -0.2) is 63.0 Å². The van der Waals surface area contributed by atoms with Gasteiger partial charge in [0.25, 0.3) is 0 Å². The normalized spacial score (nSPS) is 26.8. The van der Waals surface area contributed by atoms with Gasteiger partial charge >= 0.3 is 5.97 Å². The predicted octanol–water partition coefficient (Wildman–Crippen LogP) is 0.679. The molecule has 11 heteroatoms. The summed E-state index contributed by atoms with van der Waals surface area (Å²) in [7, 11) is 2.50. The first kappa shape index (κ1) is 26.0. The van der Waals surface area contributed by atoms with Crippen LogP contribution < -0.4 is 21.7 Å². The third-order valence-electron chi connectivity index (χ3n) is 5.09. The lowest BCUT2D eigenvalue weighted by atomic mass is 10.0. The average molecular weight is 483 g/mol. The molecule has 3 amide bonds. The molecular weight excluding hydrogens is 452 g/mol. The van der Waals surface area contributed by atoms with Gasteiger partial charge in [0.2, 0.25) is 17.7 Å². The molecule has 0 unspecified atom stereocenters. The van der Waals surface area contributed by atoms with E-state index in [0.29, 0.717) is 0 Å². The smallest absolute Gasteiger partial charge is 0.327 e. The van der Waals surface area contributed by atoms with Gasteiger partial charge in [0.1, 0.15) is 12.1 Å². The van der Waals surface area contributed by atoms with Gasteiger partial charge in [-0.05, 0) is 33.3 Å². The lowest BCUT2D eigenvalue weighted by Gasteiger charge is -2.36. The summed E-state index contributed by atoms with van der Waals surface area (Å²) in [6.45, 7) is 6.57. The second-order valence-corrected chi connectivity index (χ2v) is 12.1. The molecule has 6 N–H and O–H groups in total. The fraction of sp³-hybridized carbons (Fsp3) is 0.524. The van der Waals surface area contributed by atoms with Gasteiger partial charge in [-0.2, -0.15) is 0 Å². The van der Waals surface area contributed by atoms with Crippen molar-refractivity contribution in [2.75, 3.05) is 6.54 Å². The molecule has 2 rings (SSSR count). The first-order chi connectivity index (χ1) is 14.8. The Hall–Kier alpha value is -2.24. The van der Waals surface area contributed by atoms with Crippen molar-refractivity contribution in [3.63, 3.8) is 0 Å². The van der Waals surface area contributed by atoms with E-state index >= 15 is 0 Å². The molecule has 1 aliphatic rings. The number of nitrogens with one attached hydrogen (secondary N) is 3. The minimum Gasteiger partial charge on any atom is -0.480 e. The van der Waals surface area contributed by atoms with E-state index in [1.807, 2.05) is 6.07 Å². The molecule has 1 aromatic carbocycles. The summed E-state index contributed by atoms with van der Waals surface area (Å²) in [5.74, 6) is -2.91. The Balaban J connectivity index is 2.38. The number of aliphatic carboxylic acids is 1. The van der Waals surface area contributed by atoms with Gasteiger partial charge < -0.3 is 26.8 Å². The third-order valence-corrected chi connectivity index (χ3v) is 9.35. The van der Waals surface area contributed by atoms with Crippen LogP contribution in [0.5, 0.6) is 0 Å².